The molecule has 0 bridgehead atoms. The molecule has 0 spiro atoms. The molecule has 0 saturated carbocycles. The highest BCUT2D eigenvalue weighted by Crippen LogP contribution is 2.42. The van der Waals surface area contributed by atoms with Crippen LogP contribution in [-0.2, 0) is 26.9 Å². The van der Waals surface area contributed by atoms with E-state index in [-0.39, 0.29) is 16.9 Å². The lowest BCUT2D eigenvalue weighted by atomic mass is 9.94. The van der Waals surface area contributed by atoms with E-state index in [4.69, 9.17) is 11.6 Å². The van der Waals surface area contributed by atoms with E-state index < -0.39 is 58.6 Å². The lowest BCUT2D eigenvalue weighted by molar-refractivity contribution is -0.0436. The topological polar surface area (TPSA) is 165 Å². The lowest BCUT2D eigenvalue weighted by Crippen LogP contribution is -2.46. The Hall–Kier alpha value is -5.77. The number of aliphatic hydroxyl groups is 1. The first-order valence-corrected chi connectivity index (χ1v) is 27.8. The van der Waals surface area contributed by atoms with Gasteiger partial charge >= 0.3 is 11.5 Å². The minimum absolute atomic E-state index is 0.0553. The van der Waals surface area contributed by atoms with Crippen LogP contribution in [0.3, 0.4) is 0 Å². The SMILES string of the molecule is Cc1c(C(=O)O)c(-c2cc(F)cc(N3CCN(c4ccc(NS(=O)(=O)c5ccc(N[C@H](CCN6CCC(C)(O)CC6)CSc6ccccc6)c(S(=O)(=O)C(F)(F)F)c5)cc4)CC3)c2)c(-c2ccc(Cl)cc2)n1C. The predicted octanol–water partition coefficient (Wildman–Crippen LogP) is 10.4. The number of sulfone groups is 1. The van der Waals surface area contributed by atoms with Crippen LogP contribution in [0.4, 0.5) is 40.3 Å². The van der Waals surface area contributed by atoms with Crippen LogP contribution in [0.5, 0.6) is 0 Å². The summed E-state index contributed by atoms with van der Waals surface area (Å²) in [6.07, 6.45) is 1.51. The zero-order chi connectivity index (χ0) is 52.5. The summed E-state index contributed by atoms with van der Waals surface area (Å²) in [6.45, 7) is 7.07. The molecule has 6 aromatic rings. The van der Waals surface area contributed by atoms with Gasteiger partial charge < -0.3 is 34.8 Å². The fraction of sp³-hybridized carbons (Fsp3) is 0.327. The van der Waals surface area contributed by atoms with Crippen molar-refractivity contribution in [2.75, 3.05) is 71.4 Å². The van der Waals surface area contributed by atoms with Gasteiger partial charge in [0.2, 0.25) is 0 Å². The summed E-state index contributed by atoms with van der Waals surface area (Å²) in [4.78, 5) is 17.8. The van der Waals surface area contributed by atoms with E-state index in [0.29, 0.717) is 116 Å². The third-order valence-corrected chi connectivity index (χ3v) is 17.8. The van der Waals surface area contributed by atoms with Gasteiger partial charge in [0.1, 0.15) is 10.7 Å². The minimum atomic E-state index is -6.05. The highest BCUT2D eigenvalue weighted by Gasteiger charge is 2.48. The Morgan fingerprint density at radius 3 is 2.07 bits per heavy atom. The van der Waals surface area contributed by atoms with Crippen molar-refractivity contribution >= 4 is 71.9 Å². The zero-order valence-electron chi connectivity index (χ0n) is 40.2. The normalized spacial score (nSPS) is 16.1. The van der Waals surface area contributed by atoms with E-state index in [9.17, 15) is 45.0 Å². The number of thioether (sulfide) groups is 1. The summed E-state index contributed by atoms with van der Waals surface area (Å²) in [6, 6.07) is 29.2. The number of hydrogen-bond acceptors (Lipinski definition) is 11. The Balaban J connectivity index is 0.969. The van der Waals surface area contributed by atoms with Crippen molar-refractivity contribution in [1.29, 1.82) is 0 Å². The number of aromatic carboxylic acids is 1. The number of piperazine rings is 1. The number of halogens is 5. The lowest BCUT2D eigenvalue weighted by Gasteiger charge is -2.37. The molecule has 388 valence electrons. The van der Waals surface area contributed by atoms with Crippen LogP contribution in [-0.4, -0.2) is 111 Å². The van der Waals surface area contributed by atoms with Gasteiger partial charge in [0.05, 0.1) is 27.4 Å². The first-order chi connectivity index (χ1) is 34.5. The maximum Gasteiger partial charge on any atom is 0.501 e. The van der Waals surface area contributed by atoms with Crippen molar-refractivity contribution in [3.05, 3.63) is 137 Å². The average molecular weight is 1080 g/mol. The second kappa shape index (κ2) is 21.6. The molecule has 5 aromatic carbocycles. The first-order valence-electron chi connectivity index (χ1n) is 23.5. The molecule has 2 aliphatic heterocycles. The van der Waals surface area contributed by atoms with Gasteiger partial charge in [-0.05, 0) is 129 Å². The molecule has 73 heavy (non-hydrogen) atoms. The quantitative estimate of drug-likeness (QED) is 0.0506. The van der Waals surface area contributed by atoms with Gasteiger partial charge in [-0.25, -0.2) is 26.0 Å². The molecule has 2 fully saturated rings. The van der Waals surface area contributed by atoms with E-state index in [1.165, 1.54) is 36.0 Å². The Bertz CT molecular complexity index is 3180. The van der Waals surface area contributed by atoms with Crippen molar-refractivity contribution in [1.82, 2.24) is 9.47 Å². The van der Waals surface area contributed by atoms with Crippen LogP contribution in [0.1, 0.15) is 42.2 Å². The number of anilines is 4. The molecule has 0 radical (unpaired) electrons. The van der Waals surface area contributed by atoms with E-state index in [1.807, 2.05) is 40.1 Å². The summed E-state index contributed by atoms with van der Waals surface area (Å²) >= 11 is 7.60. The van der Waals surface area contributed by atoms with E-state index in [2.05, 4.69) is 14.9 Å². The van der Waals surface area contributed by atoms with Crippen molar-refractivity contribution < 1.29 is 49.4 Å². The van der Waals surface area contributed by atoms with Crippen LogP contribution in [0, 0.1) is 12.7 Å². The molecule has 0 unspecified atom stereocenters. The average Bonchev–Trinajstić information content (AvgIpc) is 3.62. The van der Waals surface area contributed by atoms with E-state index in [0.717, 1.165) is 22.7 Å². The van der Waals surface area contributed by atoms with Gasteiger partial charge in [0, 0.05) is 103 Å². The molecule has 13 nitrogen and oxygen atoms in total. The molecular formula is C52H55ClF4N6O7S3. The zero-order valence-corrected chi connectivity index (χ0v) is 43.4. The number of piperidine rings is 1. The smallest absolute Gasteiger partial charge is 0.478 e. The second-order valence-corrected chi connectivity index (χ2v) is 23.7. The summed E-state index contributed by atoms with van der Waals surface area (Å²) < 4.78 is 117. The molecule has 2 aliphatic rings. The fourth-order valence-corrected chi connectivity index (χ4v) is 12.5. The van der Waals surface area contributed by atoms with Crippen molar-refractivity contribution in [2.45, 2.75) is 64.9 Å². The summed E-state index contributed by atoms with van der Waals surface area (Å²) in [7, 11) is -8.92. The van der Waals surface area contributed by atoms with Gasteiger partial charge in [0.25, 0.3) is 19.9 Å². The number of nitrogens with zero attached hydrogens (tertiary/aromatic N) is 4. The summed E-state index contributed by atoms with van der Waals surface area (Å²) in [5.74, 6) is -1.34. The third-order valence-electron chi connectivity index (χ3n) is 13.5. The Morgan fingerprint density at radius 1 is 0.822 bits per heavy atom. The van der Waals surface area contributed by atoms with Gasteiger partial charge in [0.15, 0.2) is 0 Å². The van der Waals surface area contributed by atoms with Crippen LogP contribution in [0.25, 0.3) is 22.4 Å². The predicted molar refractivity (Wildman–Crippen MR) is 280 cm³/mol. The number of likely N-dealkylation sites (tertiary alicyclic amines) is 1. The van der Waals surface area contributed by atoms with Crippen LogP contribution >= 0.6 is 23.4 Å². The molecule has 2 saturated heterocycles. The molecule has 8 rings (SSSR count). The molecule has 4 N–H and O–H groups in total. The standard InChI is InChI=1S/C52H55ClF4N6O7S3/c1-34-47(50(64)65)48(49(60(34)3)35-9-11-37(53)12-10-35)36-29-38(54)31-42(30-36)63-27-25-62(26-28-63)41-15-13-39(14-16-41)59-73(69,70)44-17-18-45(46(32-44)72(67,68)52(55,56)57)58-40(33-71-43-7-5-4-6-8-43)19-22-61-23-20-51(2,66)21-24-61/h4-18,29-32,40,58-59,66H,19-28,33H2,1-3H3,(H,64,65)/t40-/m1/s1. The molecule has 0 amide bonds. The molecule has 1 aromatic heterocycles. The summed E-state index contributed by atoms with van der Waals surface area (Å²) in [5, 5.41) is 24.3. The fourth-order valence-electron chi connectivity index (χ4n) is 9.23. The number of nitrogens with one attached hydrogen (secondary N) is 2. The number of sulfonamides is 1. The minimum Gasteiger partial charge on any atom is -0.478 e. The van der Waals surface area contributed by atoms with Gasteiger partial charge in [-0.15, -0.1) is 11.8 Å². The number of benzene rings is 5. The van der Waals surface area contributed by atoms with Crippen LogP contribution in [0.15, 0.2) is 130 Å². The number of aromatic nitrogens is 1. The number of hydrogen-bond donors (Lipinski definition) is 4. The van der Waals surface area contributed by atoms with Crippen molar-refractivity contribution in [3.63, 3.8) is 0 Å². The van der Waals surface area contributed by atoms with E-state index >= 15 is 4.39 Å². The number of carbonyl (C=O) groups is 1. The number of carboxylic acid groups (broad SMARTS) is 1. The Kier molecular flexibility index (Phi) is 15.8. The van der Waals surface area contributed by atoms with Gasteiger partial charge in [-0.3, -0.25) is 4.72 Å². The highest BCUT2D eigenvalue weighted by atomic mass is 35.5. The Morgan fingerprint density at radius 2 is 1.45 bits per heavy atom. The number of carboxylic acids is 1. The number of rotatable bonds is 17. The molecular weight excluding hydrogens is 1030 g/mol. The molecule has 21 heteroatoms. The maximum atomic E-state index is 15.5. The summed E-state index contributed by atoms with van der Waals surface area (Å²) in [5.41, 5.74) is -2.94. The molecule has 0 aliphatic carbocycles. The van der Waals surface area contributed by atoms with Crippen molar-refractivity contribution in [3.8, 4) is 22.4 Å². The molecule has 1 atom stereocenters. The second-order valence-electron chi connectivity index (χ2n) is 18.6. The largest absolute Gasteiger partial charge is 0.501 e. The van der Waals surface area contributed by atoms with Crippen molar-refractivity contribution in [2.24, 2.45) is 7.05 Å². The highest BCUT2D eigenvalue weighted by molar-refractivity contribution is 7.99. The molecule has 3 heterocycles. The number of alkyl halides is 3. The van der Waals surface area contributed by atoms with Crippen LogP contribution < -0.4 is 19.8 Å². The maximum absolute atomic E-state index is 15.5. The van der Waals surface area contributed by atoms with E-state index in [1.54, 1.807) is 67.9 Å². The monoisotopic (exact) mass is 1080 g/mol. The van der Waals surface area contributed by atoms with Gasteiger partial charge in [-0.2, -0.15) is 13.2 Å². The van der Waals surface area contributed by atoms with Crippen LogP contribution in [0.2, 0.25) is 5.02 Å². The third kappa shape index (κ3) is 12.3. The van der Waals surface area contributed by atoms with Gasteiger partial charge in [-0.1, -0.05) is 41.9 Å². The Labute approximate surface area is 431 Å². The first kappa shape index (κ1) is 53.5.